The molecule has 1 aromatic rings. The molecule has 1 amide bonds. The summed E-state index contributed by atoms with van der Waals surface area (Å²) in [6, 6.07) is 5.66. The Bertz CT molecular complexity index is 469. The number of carbonyl (C=O) groups is 1. The van der Waals surface area contributed by atoms with Crippen molar-refractivity contribution in [3.05, 3.63) is 29.3 Å². The van der Waals surface area contributed by atoms with Crippen LogP contribution in [0.3, 0.4) is 0 Å². The summed E-state index contributed by atoms with van der Waals surface area (Å²) in [6.45, 7) is 7.20. The average molecular weight is 276 g/mol. The zero-order valence-corrected chi connectivity index (χ0v) is 12.3. The third kappa shape index (κ3) is 3.71. The summed E-state index contributed by atoms with van der Waals surface area (Å²) < 4.78 is 0. The molecule has 0 aliphatic carbocycles. The van der Waals surface area contributed by atoms with Crippen molar-refractivity contribution < 1.29 is 4.79 Å². The molecule has 1 fully saturated rings. The maximum atomic E-state index is 12.3. The number of nitrogens with two attached hydrogens (primary N) is 1. The first-order valence-corrected chi connectivity index (χ1v) is 7.20. The SMILES string of the molecule is Cc1cc(NN)ccc1C(=O)NC(C)CN1CCCC1. The lowest BCUT2D eigenvalue weighted by Gasteiger charge is -2.21. The number of nitrogens with zero attached hydrogens (tertiary/aromatic N) is 1. The van der Waals surface area contributed by atoms with Gasteiger partial charge in [0.05, 0.1) is 0 Å². The van der Waals surface area contributed by atoms with Gasteiger partial charge in [-0.1, -0.05) is 0 Å². The van der Waals surface area contributed by atoms with Gasteiger partial charge in [0, 0.05) is 23.8 Å². The van der Waals surface area contributed by atoms with Crippen molar-refractivity contribution >= 4 is 11.6 Å². The van der Waals surface area contributed by atoms with E-state index in [4.69, 9.17) is 5.84 Å². The van der Waals surface area contributed by atoms with E-state index in [-0.39, 0.29) is 11.9 Å². The van der Waals surface area contributed by atoms with E-state index in [0.717, 1.165) is 30.9 Å². The molecular weight excluding hydrogens is 252 g/mol. The molecule has 4 N–H and O–H groups in total. The second kappa shape index (κ2) is 6.72. The van der Waals surface area contributed by atoms with Crippen LogP contribution in [-0.4, -0.2) is 36.5 Å². The monoisotopic (exact) mass is 276 g/mol. The molecule has 1 saturated heterocycles. The number of aryl methyl sites for hydroxylation is 1. The Morgan fingerprint density at radius 2 is 2.10 bits per heavy atom. The molecule has 1 aromatic carbocycles. The molecule has 1 unspecified atom stereocenters. The Kier molecular flexibility index (Phi) is 4.98. The molecule has 110 valence electrons. The molecule has 5 nitrogen and oxygen atoms in total. The number of carbonyl (C=O) groups excluding carboxylic acids is 1. The van der Waals surface area contributed by atoms with Gasteiger partial charge in [-0.25, -0.2) is 0 Å². The fourth-order valence-electron chi connectivity index (χ4n) is 2.71. The predicted molar refractivity (Wildman–Crippen MR) is 81.6 cm³/mol. The van der Waals surface area contributed by atoms with Crippen molar-refractivity contribution in [3.8, 4) is 0 Å². The number of rotatable bonds is 5. The smallest absolute Gasteiger partial charge is 0.251 e. The normalized spacial score (nSPS) is 16.9. The van der Waals surface area contributed by atoms with Gasteiger partial charge in [-0.05, 0) is 63.5 Å². The maximum Gasteiger partial charge on any atom is 0.251 e. The number of hydrogen-bond donors (Lipinski definition) is 3. The first kappa shape index (κ1) is 14.8. The molecule has 1 aliphatic rings. The zero-order valence-electron chi connectivity index (χ0n) is 12.3. The first-order chi connectivity index (χ1) is 9.60. The zero-order chi connectivity index (χ0) is 14.5. The maximum absolute atomic E-state index is 12.3. The summed E-state index contributed by atoms with van der Waals surface area (Å²) in [4.78, 5) is 14.7. The van der Waals surface area contributed by atoms with Gasteiger partial charge in [0.25, 0.3) is 5.91 Å². The summed E-state index contributed by atoms with van der Waals surface area (Å²) >= 11 is 0. The number of hydrogen-bond acceptors (Lipinski definition) is 4. The molecule has 2 rings (SSSR count). The van der Waals surface area contributed by atoms with E-state index in [1.165, 1.54) is 12.8 Å². The van der Waals surface area contributed by atoms with Gasteiger partial charge in [0.1, 0.15) is 0 Å². The quantitative estimate of drug-likeness (QED) is 0.563. The van der Waals surface area contributed by atoms with Crippen LogP contribution in [0, 0.1) is 6.92 Å². The van der Waals surface area contributed by atoms with Crippen LogP contribution in [0.2, 0.25) is 0 Å². The molecule has 5 heteroatoms. The van der Waals surface area contributed by atoms with E-state index >= 15 is 0 Å². The van der Waals surface area contributed by atoms with Crippen molar-refractivity contribution in [1.29, 1.82) is 0 Å². The Morgan fingerprint density at radius 3 is 2.70 bits per heavy atom. The summed E-state index contributed by atoms with van der Waals surface area (Å²) in [7, 11) is 0. The van der Waals surface area contributed by atoms with Crippen LogP contribution in [0.4, 0.5) is 5.69 Å². The van der Waals surface area contributed by atoms with E-state index in [2.05, 4.69) is 22.6 Å². The molecule has 0 radical (unpaired) electrons. The number of amides is 1. The summed E-state index contributed by atoms with van der Waals surface area (Å²) in [6.07, 6.45) is 2.54. The van der Waals surface area contributed by atoms with Gasteiger partial charge in [-0.2, -0.15) is 0 Å². The minimum absolute atomic E-state index is 0.0160. The summed E-state index contributed by atoms with van der Waals surface area (Å²) in [5, 5.41) is 3.07. The van der Waals surface area contributed by atoms with Crippen LogP contribution < -0.4 is 16.6 Å². The van der Waals surface area contributed by atoms with Crippen LogP contribution in [0.25, 0.3) is 0 Å². The number of nitrogens with one attached hydrogen (secondary N) is 2. The largest absolute Gasteiger partial charge is 0.348 e. The molecule has 0 spiro atoms. The van der Waals surface area contributed by atoms with Gasteiger partial charge >= 0.3 is 0 Å². The lowest BCUT2D eigenvalue weighted by Crippen LogP contribution is -2.41. The fraction of sp³-hybridized carbons (Fsp3) is 0.533. The van der Waals surface area contributed by atoms with Crippen molar-refractivity contribution in [3.63, 3.8) is 0 Å². The number of anilines is 1. The first-order valence-electron chi connectivity index (χ1n) is 7.20. The van der Waals surface area contributed by atoms with Crippen molar-refractivity contribution in [2.24, 2.45) is 5.84 Å². The van der Waals surface area contributed by atoms with E-state index in [9.17, 15) is 4.79 Å². The van der Waals surface area contributed by atoms with Crippen molar-refractivity contribution in [2.45, 2.75) is 32.7 Å². The van der Waals surface area contributed by atoms with Gasteiger partial charge in [-0.15, -0.1) is 0 Å². The van der Waals surface area contributed by atoms with Gasteiger partial charge in [0.15, 0.2) is 0 Å². The van der Waals surface area contributed by atoms with Crippen molar-refractivity contribution in [2.75, 3.05) is 25.1 Å². The highest BCUT2D eigenvalue weighted by Crippen LogP contribution is 2.14. The predicted octanol–water partition coefficient (Wildman–Crippen LogP) is 1.49. The Labute approximate surface area is 120 Å². The number of nitrogen functional groups attached to an aromatic ring is 1. The third-order valence-electron chi connectivity index (χ3n) is 3.75. The molecule has 0 bridgehead atoms. The highest BCUT2D eigenvalue weighted by atomic mass is 16.1. The third-order valence-corrected chi connectivity index (χ3v) is 3.75. The molecule has 1 heterocycles. The van der Waals surface area contributed by atoms with Crippen molar-refractivity contribution in [1.82, 2.24) is 10.2 Å². The number of benzene rings is 1. The molecule has 0 saturated carbocycles. The highest BCUT2D eigenvalue weighted by molar-refractivity contribution is 5.96. The number of hydrazine groups is 1. The van der Waals surface area contributed by atoms with Crippen LogP contribution in [-0.2, 0) is 0 Å². The van der Waals surface area contributed by atoms with E-state index in [1.54, 1.807) is 0 Å². The molecule has 0 aromatic heterocycles. The second-order valence-corrected chi connectivity index (χ2v) is 5.56. The summed E-state index contributed by atoms with van der Waals surface area (Å²) in [5.74, 6) is 5.34. The average Bonchev–Trinajstić information content (AvgIpc) is 2.90. The lowest BCUT2D eigenvalue weighted by atomic mass is 10.1. The highest BCUT2D eigenvalue weighted by Gasteiger charge is 2.17. The topological polar surface area (TPSA) is 70.4 Å². The van der Waals surface area contributed by atoms with Gasteiger partial charge in [-0.3, -0.25) is 10.6 Å². The Balaban J connectivity index is 1.93. The number of likely N-dealkylation sites (tertiary alicyclic amines) is 1. The minimum Gasteiger partial charge on any atom is -0.348 e. The van der Waals surface area contributed by atoms with Gasteiger partial charge < -0.3 is 15.6 Å². The van der Waals surface area contributed by atoms with Crippen LogP contribution in [0.5, 0.6) is 0 Å². The molecule has 20 heavy (non-hydrogen) atoms. The minimum atomic E-state index is -0.0160. The fourth-order valence-corrected chi connectivity index (χ4v) is 2.71. The molecular formula is C15H24N4O. The Morgan fingerprint density at radius 1 is 1.40 bits per heavy atom. The Hall–Kier alpha value is -1.59. The van der Waals surface area contributed by atoms with Crippen LogP contribution >= 0.6 is 0 Å². The van der Waals surface area contributed by atoms with Crippen LogP contribution in [0.1, 0.15) is 35.7 Å². The van der Waals surface area contributed by atoms with Gasteiger partial charge in [0.2, 0.25) is 0 Å². The lowest BCUT2D eigenvalue weighted by molar-refractivity contribution is 0.0931. The second-order valence-electron chi connectivity index (χ2n) is 5.56. The standard InChI is InChI=1S/C15H24N4O/c1-11-9-13(18-16)5-6-14(11)15(20)17-12(2)10-19-7-3-4-8-19/h5-6,9,12,18H,3-4,7-8,10,16H2,1-2H3,(H,17,20). The molecule has 1 atom stereocenters. The summed E-state index contributed by atoms with van der Waals surface area (Å²) in [5.41, 5.74) is 5.02. The van der Waals surface area contributed by atoms with Crippen LogP contribution in [0.15, 0.2) is 18.2 Å². The van der Waals surface area contributed by atoms with E-state index < -0.39 is 0 Å². The van der Waals surface area contributed by atoms with E-state index in [0.29, 0.717) is 5.56 Å². The van der Waals surface area contributed by atoms with E-state index in [1.807, 2.05) is 25.1 Å². The molecule has 1 aliphatic heterocycles.